The number of carbonyl (C=O) groups excluding carboxylic acids is 2. The van der Waals surface area contributed by atoms with Gasteiger partial charge in [-0.1, -0.05) is 30.3 Å². The molecule has 1 amide bonds. The Kier molecular flexibility index (Phi) is 7.86. The quantitative estimate of drug-likeness (QED) is 0.0993. The van der Waals surface area contributed by atoms with Gasteiger partial charge in [-0.2, -0.15) is 18.6 Å². The molecule has 13 heteroatoms. The topological polar surface area (TPSA) is 151 Å². The number of fused-ring (bicyclic) bond motifs is 2. The number of para-hydroxylation sites is 1. The lowest BCUT2D eigenvalue weighted by Crippen LogP contribution is -2.31. The van der Waals surface area contributed by atoms with Crippen molar-refractivity contribution in [1.29, 1.82) is 0 Å². The summed E-state index contributed by atoms with van der Waals surface area (Å²) in [6.45, 7) is 3.20. The molecule has 0 spiro atoms. The number of amides is 1. The number of Topliss-reactive ketones (excluding diaryl/α,β-unsaturated/α-hetero) is 1. The Balaban J connectivity index is 1.31. The highest BCUT2D eigenvalue weighted by Gasteiger charge is 2.24. The monoisotopic (exact) mass is 641 g/mol. The van der Waals surface area contributed by atoms with Gasteiger partial charge in [0.2, 0.25) is 6.04 Å². The van der Waals surface area contributed by atoms with E-state index in [2.05, 4.69) is 27.7 Å². The van der Waals surface area contributed by atoms with Crippen LogP contribution < -0.4 is 5.32 Å². The molecule has 0 bridgehead atoms. The van der Waals surface area contributed by atoms with Crippen molar-refractivity contribution in [2.24, 2.45) is 10.2 Å². The number of nitrogens with one attached hydrogen (secondary N) is 1. The number of hydrogen-bond acceptors (Lipinski definition) is 10. The van der Waals surface area contributed by atoms with Gasteiger partial charge in [0.05, 0.1) is 20.4 Å². The number of thiazole rings is 2. The van der Waals surface area contributed by atoms with Gasteiger partial charge in [-0.05, 0) is 74.0 Å². The van der Waals surface area contributed by atoms with Crippen LogP contribution in [0, 0.1) is 6.92 Å². The van der Waals surface area contributed by atoms with Gasteiger partial charge in [-0.15, -0.1) is 22.7 Å². The van der Waals surface area contributed by atoms with Gasteiger partial charge >= 0.3 is 0 Å². The number of benzene rings is 4. The maximum atomic E-state index is 12.7. The van der Waals surface area contributed by atoms with Crippen LogP contribution in [0.1, 0.15) is 12.5 Å². The average Bonchev–Trinajstić information content (AvgIpc) is 3.61. The summed E-state index contributed by atoms with van der Waals surface area (Å²) in [7, 11) is -4.76. The molecule has 0 aliphatic rings. The highest BCUT2D eigenvalue weighted by Crippen LogP contribution is 2.37. The van der Waals surface area contributed by atoms with Crippen molar-refractivity contribution in [1.82, 2.24) is 9.97 Å². The molecule has 0 aliphatic carbocycles. The lowest BCUT2D eigenvalue weighted by atomic mass is 10.2. The summed E-state index contributed by atoms with van der Waals surface area (Å²) >= 11 is 2.95. The first-order valence-corrected chi connectivity index (χ1v) is 16.3. The van der Waals surface area contributed by atoms with Crippen molar-refractivity contribution in [3.8, 4) is 21.1 Å². The lowest BCUT2D eigenvalue weighted by molar-refractivity contribution is -0.126. The Morgan fingerprint density at radius 3 is 2.11 bits per heavy atom. The fourth-order valence-electron chi connectivity index (χ4n) is 4.45. The third kappa shape index (κ3) is 6.17. The maximum absolute atomic E-state index is 12.7. The fourth-order valence-corrected chi connectivity index (χ4v) is 6.99. The molecule has 6 rings (SSSR count). The smallest absolute Gasteiger partial charge is 0.296 e. The third-order valence-electron chi connectivity index (χ3n) is 6.62. The molecule has 2 heterocycles. The summed E-state index contributed by atoms with van der Waals surface area (Å²) in [4.78, 5) is 33.8. The molecule has 0 radical (unpaired) electrons. The molecule has 0 unspecified atom stereocenters. The number of anilines is 1. The van der Waals surface area contributed by atoms with Crippen molar-refractivity contribution in [2.75, 3.05) is 5.32 Å². The van der Waals surface area contributed by atoms with Crippen LogP contribution in [-0.2, 0) is 19.7 Å². The lowest BCUT2D eigenvalue weighted by Gasteiger charge is -2.10. The normalized spacial score (nSPS) is 12.6. The van der Waals surface area contributed by atoms with E-state index in [0.717, 1.165) is 31.1 Å². The standard InChI is InChI=1S/C31H23N5O5S3/c1-17-8-12-25-23(14-17)33-30(42-25)19-10-13-26-24(15-19)34-31(43-26)20-9-11-22(27(16-20)44(39,40)41)35-36-28(18(2)37)29(38)32-21-6-4-3-5-7-21/h3-16,28H,1-2H3,(H,32,38)(H,39,40,41)/t28-/m1/s1. The van der Waals surface area contributed by atoms with E-state index < -0.39 is 32.7 Å². The predicted molar refractivity (Wildman–Crippen MR) is 172 cm³/mol. The molecule has 220 valence electrons. The molecule has 0 aliphatic heterocycles. The van der Waals surface area contributed by atoms with Crippen molar-refractivity contribution in [3.63, 3.8) is 0 Å². The molecule has 0 fully saturated rings. The molecule has 1 atom stereocenters. The van der Waals surface area contributed by atoms with Crippen LogP contribution in [-0.4, -0.2) is 40.7 Å². The van der Waals surface area contributed by atoms with Crippen LogP contribution in [0.2, 0.25) is 0 Å². The van der Waals surface area contributed by atoms with Crippen LogP contribution >= 0.6 is 22.7 Å². The highest BCUT2D eigenvalue weighted by atomic mass is 32.2. The van der Waals surface area contributed by atoms with Crippen LogP contribution in [0.4, 0.5) is 11.4 Å². The van der Waals surface area contributed by atoms with Gasteiger partial charge in [0, 0.05) is 16.8 Å². The minimum Gasteiger partial charge on any atom is -0.324 e. The van der Waals surface area contributed by atoms with Crippen LogP contribution in [0.15, 0.2) is 100 Å². The van der Waals surface area contributed by atoms with Crippen LogP contribution in [0.5, 0.6) is 0 Å². The SMILES string of the molecule is CC(=O)[C@@H](N=Nc1ccc(-c2nc3cc(-c4nc5cc(C)ccc5s4)ccc3s2)cc1S(=O)(=O)O)C(=O)Nc1ccccc1. The Bertz CT molecular complexity index is 2210. The molecule has 0 saturated carbocycles. The van der Waals surface area contributed by atoms with Crippen LogP contribution in [0.25, 0.3) is 41.6 Å². The molecule has 2 N–H and O–H groups in total. The minimum absolute atomic E-state index is 0.232. The van der Waals surface area contributed by atoms with Gasteiger partial charge < -0.3 is 5.32 Å². The average molecular weight is 642 g/mol. The molecule has 0 saturated heterocycles. The molecule has 10 nitrogen and oxygen atoms in total. The Morgan fingerprint density at radius 2 is 1.45 bits per heavy atom. The fraction of sp³-hybridized carbons (Fsp3) is 0.0968. The first kappa shape index (κ1) is 29.4. The number of rotatable bonds is 8. The zero-order chi connectivity index (χ0) is 31.0. The van der Waals surface area contributed by atoms with E-state index in [-0.39, 0.29) is 5.69 Å². The molecule has 4 aromatic carbocycles. The zero-order valence-electron chi connectivity index (χ0n) is 23.3. The molecular weight excluding hydrogens is 619 g/mol. The molecular formula is C31H23N5O5S3. The van der Waals surface area contributed by atoms with Crippen molar-refractivity contribution >= 4 is 76.3 Å². The van der Waals surface area contributed by atoms with E-state index in [0.29, 0.717) is 21.8 Å². The Hall–Kier alpha value is -4.69. The van der Waals surface area contributed by atoms with Crippen molar-refractivity contribution < 1.29 is 22.6 Å². The first-order chi connectivity index (χ1) is 21.0. The number of ketones is 1. The first-order valence-electron chi connectivity index (χ1n) is 13.2. The Labute approximate surface area is 259 Å². The van der Waals surface area contributed by atoms with E-state index in [1.807, 2.05) is 31.2 Å². The van der Waals surface area contributed by atoms with Gasteiger partial charge in [-0.25, -0.2) is 9.97 Å². The summed E-state index contributed by atoms with van der Waals surface area (Å²) in [6.07, 6.45) is 0. The summed E-state index contributed by atoms with van der Waals surface area (Å²) in [6, 6.07) is 23.2. The third-order valence-corrected chi connectivity index (χ3v) is 9.67. The number of aryl methyl sites for hydroxylation is 1. The second-order valence-electron chi connectivity index (χ2n) is 9.93. The van der Waals surface area contributed by atoms with Crippen molar-refractivity contribution in [2.45, 2.75) is 24.8 Å². The second kappa shape index (κ2) is 11.8. The molecule has 2 aromatic heterocycles. The van der Waals surface area contributed by atoms with E-state index in [4.69, 9.17) is 9.97 Å². The second-order valence-corrected chi connectivity index (χ2v) is 13.4. The Morgan fingerprint density at radius 1 is 0.841 bits per heavy atom. The van der Waals surface area contributed by atoms with Gasteiger partial charge in [-0.3, -0.25) is 14.1 Å². The maximum Gasteiger partial charge on any atom is 0.296 e. The largest absolute Gasteiger partial charge is 0.324 e. The van der Waals surface area contributed by atoms with Crippen LogP contribution in [0.3, 0.4) is 0 Å². The predicted octanol–water partition coefficient (Wildman–Crippen LogP) is 7.48. The summed E-state index contributed by atoms with van der Waals surface area (Å²) in [5.41, 5.74) is 4.36. The van der Waals surface area contributed by atoms with Gasteiger partial charge in [0.15, 0.2) is 5.78 Å². The summed E-state index contributed by atoms with van der Waals surface area (Å²) < 4.78 is 36.7. The number of hydrogen-bond donors (Lipinski definition) is 2. The van der Waals surface area contributed by atoms with E-state index >= 15 is 0 Å². The van der Waals surface area contributed by atoms with Gasteiger partial charge in [0.1, 0.15) is 20.6 Å². The number of carbonyl (C=O) groups is 2. The molecule has 6 aromatic rings. The van der Waals surface area contributed by atoms with Gasteiger partial charge in [0.25, 0.3) is 16.0 Å². The van der Waals surface area contributed by atoms with E-state index in [1.165, 1.54) is 30.4 Å². The number of aromatic nitrogens is 2. The number of nitrogens with zero attached hydrogens (tertiary/aromatic N) is 4. The summed E-state index contributed by atoms with van der Waals surface area (Å²) in [5, 5.41) is 11.7. The number of azo groups is 1. The van der Waals surface area contributed by atoms with E-state index in [9.17, 15) is 22.6 Å². The molecule has 44 heavy (non-hydrogen) atoms. The minimum atomic E-state index is -4.76. The highest BCUT2D eigenvalue weighted by molar-refractivity contribution is 7.86. The summed E-state index contributed by atoms with van der Waals surface area (Å²) in [5.74, 6) is -1.32. The van der Waals surface area contributed by atoms with E-state index in [1.54, 1.807) is 47.7 Å². The zero-order valence-corrected chi connectivity index (χ0v) is 25.7. The van der Waals surface area contributed by atoms with Crippen molar-refractivity contribution in [3.05, 3.63) is 90.5 Å².